The molecule has 0 bridgehead atoms. The van der Waals surface area contributed by atoms with Gasteiger partial charge >= 0.3 is 0 Å². The summed E-state index contributed by atoms with van der Waals surface area (Å²) in [6.07, 6.45) is 5.63. The molecule has 25 heavy (non-hydrogen) atoms. The number of sulfonamides is 1. The maximum Gasteiger partial charge on any atom is 0.244 e. The van der Waals surface area contributed by atoms with Crippen LogP contribution in [-0.2, 0) is 22.9 Å². The molecular weight excluding hydrogens is 338 g/mol. The number of benzene rings is 1. The summed E-state index contributed by atoms with van der Waals surface area (Å²) >= 11 is 0. The van der Waals surface area contributed by atoms with Gasteiger partial charge < -0.3 is 10.1 Å². The van der Waals surface area contributed by atoms with Crippen LogP contribution >= 0.6 is 0 Å². The van der Waals surface area contributed by atoms with E-state index in [9.17, 15) is 8.42 Å². The number of aryl methyl sites for hydroxylation is 1. The van der Waals surface area contributed by atoms with E-state index in [1.54, 1.807) is 12.1 Å². The lowest BCUT2D eigenvalue weighted by Gasteiger charge is -2.17. The predicted molar refractivity (Wildman–Crippen MR) is 97.8 cm³/mol. The van der Waals surface area contributed by atoms with E-state index in [1.165, 1.54) is 32.6 Å². The van der Waals surface area contributed by atoms with Crippen LogP contribution in [0.3, 0.4) is 0 Å². The first-order valence-corrected chi connectivity index (χ1v) is 10.2. The Balaban J connectivity index is 1.92. The average molecular weight is 361 g/mol. The van der Waals surface area contributed by atoms with Gasteiger partial charge in [0.15, 0.2) is 0 Å². The number of ether oxygens (including phenoxy) is 1. The summed E-state index contributed by atoms with van der Waals surface area (Å²) in [5, 5.41) is 4.55. The molecule has 2 aromatic rings. The Labute approximate surface area is 148 Å². The van der Waals surface area contributed by atoms with Crippen LogP contribution in [0.4, 0.5) is 5.69 Å². The van der Waals surface area contributed by atoms with Crippen LogP contribution < -0.4 is 14.8 Å². The average Bonchev–Trinajstić information content (AvgIpc) is 3.33. The molecule has 7 heteroatoms. The fraction of sp³-hybridized carbons (Fsp3) is 0.500. The zero-order valence-electron chi connectivity index (χ0n) is 14.6. The summed E-state index contributed by atoms with van der Waals surface area (Å²) in [5.74, 6) is 1.10. The second-order valence-corrected chi connectivity index (χ2v) is 8.67. The second-order valence-electron chi connectivity index (χ2n) is 6.82. The van der Waals surface area contributed by atoms with E-state index in [-0.39, 0.29) is 4.90 Å². The van der Waals surface area contributed by atoms with E-state index >= 15 is 0 Å². The van der Waals surface area contributed by atoms with E-state index < -0.39 is 10.0 Å². The normalized spacial score (nSPS) is 16.9. The molecule has 2 N–H and O–H groups in total. The summed E-state index contributed by atoms with van der Waals surface area (Å²) in [4.78, 5) is 4.88. The Morgan fingerprint density at radius 1 is 1.28 bits per heavy atom. The molecule has 4 rings (SSSR count). The van der Waals surface area contributed by atoms with Crippen molar-refractivity contribution in [3.05, 3.63) is 23.4 Å². The number of nitrogens with zero attached hydrogens (tertiary/aromatic N) is 1. The van der Waals surface area contributed by atoms with Crippen molar-refractivity contribution in [3.63, 3.8) is 0 Å². The number of fused-ring (bicyclic) bond motifs is 2. The number of anilines is 1. The molecule has 1 saturated carbocycles. The number of aromatic nitrogens is 1. The van der Waals surface area contributed by atoms with Crippen molar-refractivity contribution in [2.45, 2.75) is 37.0 Å². The minimum Gasteiger partial charge on any atom is -0.495 e. The molecule has 2 aliphatic rings. The monoisotopic (exact) mass is 361 g/mol. The van der Waals surface area contributed by atoms with Gasteiger partial charge in [-0.2, -0.15) is 0 Å². The zero-order chi connectivity index (χ0) is 17.6. The number of rotatable bonds is 6. The van der Waals surface area contributed by atoms with Gasteiger partial charge in [0.25, 0.3) is 0 Å². The van der Waals surface area contributed by atoms with E-state index in [1.807, 2.05) is 0 Å². The van der Waals surface area contributed by atoms with Crippen molar-refractivity contribution < 1.29 is 13.2 Å². The minimum absolute atomic E-state index is 0.128. The van der Waals surface area contributed by atoms with Gasteiger partial charge in [-0.15, -0.1) is 0 Å². The number of hydrogen-bond donors (Lipinski definition) is 2. The van der Waals surface area contributed by atoms with Crippen LogP contribution in [0.25, 0.3) is 10.9 Å². The summed E-state index contributed by atoms with van der Waals surface area (Å²) in [7, 11) is -0.716. The van der Waals surface area contributed by atoms with Crippen LogP contribution in [0, 0.1) is 5.92 Å². The lowest BCUT2D eigenvalue weighted by molar-refractivity contribution is 0.403. The maximum absolute atomic E-state index is 12.3. The van der Waals surface area contributed by atoms with Crippen molar-refractivity contribution in [2.24, 2.45) is 5.92 Å². The van der Waals surface area contributed by atoms with Gasteiger partial charge in [0, 0.05) is 23.3 Å². The van der Waals surface area contributed by atoms with E-state index in [0.717, 1.165) is 48.5 Å². The van der Waals surface area contributed by atoms with E-state index in [2.05, 4.69) is 10.0 Å². The molecular formula is C18H23N3O3S. The first-order chi connectivity index (χ1) is 12.0. The molecule has 1 heterocycles. The second kappa shape index (κ2) is 6.14. The highest BCUT2D eigenvalue weighted by Crippen LogP contribution is 2.39. The Bertz CT molecular complexity index is 936. The topological polar surface area (TPSA) is 80.3 Å². The number of nitrogens with one attached hydrogen (secondary N) is 2. The van der Waals surface area contributed by atoms with E-state index in [4.69, 9.17) is 9.72 Å². The number of methoxy groups -OCH3 is 1. The highest BCUT2D eigenvalue weighted by molar-refractivity contribution is 7.89. The molecule has 1 aromatic heterocycles. The van der Waals surface area contributed by atoms with Gasteiger partial charge in [-0.3, -0.25) is 4.98 Å². The van der Waals surface area contributed by atoms with Gasteiger partial charge in [-0.05, 0) is 62.8 Å². The van der Waals surface area contributed by atoms with Crippen LogP contribution in [0.5, 0.6) is 5.75 Å². The molecule has 0 atom stereocenters. The summed E-state index contributed by atoms with van der Waals surface area (Å²) in [6, 6.07) is 3.43. The highest BCUT2D eigenvalue weighted by Gasteiger charge is 2.26. The SMILES string of the molecule is CNS(=O)(=O)c1cc2nc3c(c(NCC4CC4)c2cc1OC)CCC3. The van der Waals surface area contributed by atoms with Crippen LogP contribution in [0.2, 0.25) is 0 Å². The van der Waals surface area contributed by atoms with Crippen LogP contribution in [-0.4, -0.2) is 34.1 Å². The fourth-order valence-corrected chi connectivity index (χ4v) is 4.41. The maximum atomic E-state index is 12.3. The molecule has 0 spiro atoms. The Morgan fingerprint density at radius 3 is 2.76 bits per heavy atom. The van der Waals surface area contributed by atoms with Gasteiger partial charge in [0.1, 0.15) is 10.6 Å². The number of hydrogen-bond acceptors (Lipinski definition) is 5. The van der Waals surface area contributed by atoms with Crippen molar-refractivity contribution in [1.29, 1.82) is 0 Å². The molecule has 1 aromatic carbocycles. The minimum atomic E-state index is -3.61. The molecule has 2 aliphatic carbocycles. The smallest absolute Gasteiger partial charge is 0.244 e. The lowest BCUT2D eigenvalue weighted by Crippen LogP contribution is -2.19. The first kappa shape index (κ1) is 16.6. The van der Waals surface area contributed by atoms with Crippen molar-refractivity contribution in [3.8, 4) is 5.75 Å². The third-order valence-electron chi connectivity index (χ3n) is 5.12. The van der Waals surface area contributed by atoms with Gasteiger partial charge in [-0.1, -0.05) is 0 Å². The third kappa shape index (κ3) is 2.95. The zero-order valence-corrected chi connectivity index (χ0v) is 15.4. The first-order valence-electron chi connectivity index (χ1n) is 8.74. The molecule has 0 aliphatic heterocycles. The molecule has 0 saturated heterocycles. The fourth-order valence-electron chi connectivity index (χ4n) is 3.52. The molecule has 0 amide bonds. The van der Waals surface area contributed by atoms with Crippen molar-refractivity contribution >= 4 is 26.6 Å². The Hall–Kier alpha value is -1.86. The molecule has 0 radical (unpaired) electrons. The van der Waals surface area contributed by atoms with Crippen LogP contribution in [0.1, 0.15) is 30.5 Å². The van der Waals surface area contributed by atoms with Gasteiger partial charge in [0.05, 0.1) is 12.6 Å². The van der Waals surface area contributed by atoms with Crippen LogP contribution in [0.15, 0.2) is 17.0 Å². The molecule has 1 fully saturated rings. The van der Waals surface area contributed by atoms with E-state index in [0.29, 0.717) is 11.3 Å². The van der Waals surface area contributed by atoms with Gasteiger partial charge in [-0.25, -0.2) is 13.1 Å². The predicted octanol–water partition coefficient (Wildman–Crippen LogP) is 2.46. The molecule has 6 nitrogen and oxygen atoms in total. The molecule has 0 unspecified atom stereocenters. The highest BCUT2D eigenvalue weighted by atomic mass is 32.2. The Morgan fingerprint density at radius 2 is 2.08 bits per heavy atom. The number of pyridine rings is 1. The van der Waals surface area contributed by atoms with Crippen molar-refractivity contribution in [2.75, 3.05) is 26.0 Å². The van der Waals surface area contributed by atoms with Crippen molar-refractivity contribution in [1.82, 2.24) is 9.71 Å². The standard InChI is InChI=1S/C18H23N3O3S/c1-19-25(22,23)17-9-15-13(8-16(17)24-2)18(20-10-11-6-7-11)12-4-3-5-14(12)21-15/h8-9,11,19H,3-7,10H2,1-2H3,(H,20,21). The summed E-state index contributed by atoms with van der Waals surface area (Å²) < 4.78 is 32.4. The summed E-state index contributed by atoms with van der Waals surface area (Å²) in [6.45, 7) is 0.963. The lowest BCUT2D eigenvalue weighted by atomic mass is 10.1. The summed E-state index contributed by atoms with van der Waals surface area (Å²) in [5.41, 5.74) is 4.17. The quantitative estimate of drug-likeness (QED) is 0.826. The molecule has 134 valence electrons. The largest absolute Gasteiger partial charge is 0.495 e. The Kier molecular flexibility index (Phi) is 4.08. The van der Waals surface area contributed by atoms with Gasteiger partial charge in [0.2, 0.25) is 10.0 Å². The third-order valence-corrected chi connectivity index (χ3v) is 6.56.